The number of furan rings is 1. The van der Waals surface area contributed by atoms with E-state index in [-0.39, 0.29) is 35.3 Å². The summed E-state index contributed by atoms with van der Waals surface area (Å²) in [6.45, 7) is 0.412. The van der Waals surface area contributed by atoms with E-state index in [0.717, 1.165) is 0 Å². The van der Waals surface area contributed by atoms with Crippen LogP contribution in [0.3, 0.4) is 0 Å². The van der Waals surface area contributed by atoms with Gasteiger partial charge >= 0.3 is 0 Å². The van der Waals surface area contributed by atoms with E-state index in [9.17, 15) is 18.0 Å². The van der Waals surface area contributed by atoms with Gasteiger partial charge in [0.25, 0.3) is 5.91 Å². The van der Waals surface area contributed by atoms with Gasteiger partial charge in [-0.15, -0.1) is 0 Å². The lowest BCUT2D eigenvalue weighted by Crippen LogP contribution is -2.41. The highest BCUT2D eigenvalue weighted by molar-refractivity contribution is 7.89. The molecule has 0 unspecified atom stereocenters. The highest BCUT2D eigenvalue weighted by atomic mass is 35.5. The standard InChI is InChI=1S/C21H20ClN3O5S/c22-14-5-7-15(8-6-14)31(28,29)25-11-9-13(10-12-25)21(27)24-18-16-3-1-2-4-17(16)30-19(18)20(23)26/h1-8,13H,9-12H2,(H2,23,26)(H,24,27). The van der Waals surface area contributed by atoms with Crippen LogP contribution in [0.4, 0.5) is 5.69 Å². The molecule has 2 heterocycles. The third-order valence-electron chi connectivity index (χ3n) is 5.34. The van der Waals surface area contributed by atoms with Crippen LogP contribution >= 0.6 is 11.6 Å². The number of nitrogens with one attached hydrogen (secondary N) is 1. The van der Waals surface area contributed by atoms with Gasteiger partial charge in [0.15, 0.2) is 0 Å². The molecule has 0 spiro atoms. The van der Waals surface area contributed by atoms with Crippen LogP contribution in [0.5, 0.6) is 0 Å². The summed E-state index contributed by atoms with van der Waals surface area (Å²) in [6.07, 6.45) is 0.695. The Kier molecular flexibility index (Phi) is 5.74. The molecule has 0 radical (unpaired) electrons. The van der Waals surface area contributed by atoms with E-state index in [1.54, 1.807) is 24.3 Å². The molecule has 31 heavy (non-hydrogen) atoms. The van der Waals surface area contributed by atoms with Gasteiger partial charge in [-0.2, -0.15) is 4.31 Å². The van der Waals surface area contributed by atoms with Crippen LogP contribution in [0.25, 0.3) is 11.0 Å². The van der Waals surface area contributed by atoms with Gasteiger partial charge in [0.05, 0.1) is 4.90 Å². The van der Waals surface area contributed by atoms with Gasteiger partial charge in [-0.3, -0.25) is 9.59 Å². The number of hydrogen-bond donors (Lipinski definition) is 2. The van der Waals surface area contributed by atoms with Gasteiger partial charge in [-0.25, -0.2) is 8.42 Å². The number of nitrogens with zero attached hydrogens (tertiary/aromatic N) is 1. The van der Waals surface area contributed by atoms with Crippen LogP contribution in [0.2, 0.25) is 5.02 Å². The summed E-state index contributed by atoms with van der Waals surface area (Å²) >= 11 is 5.84. The molecule has 162 valence electrons. The summed E-state index contributed by atoms with van der Waals surface area (Å²) in [5.41, 5.74) is 6.08. The maximum Gasteiger partial charge on any atom is 0.286 e. The van der Waals surface area contributed by atoms with Gasteiger partial charge in [-0.1, -0.05) is 23.7 Å². The van der Waals surface area contributed by atoms with Crippen molar-refractivity contribution in [2.75, 3.05) is 18.4 Å². The van der Waals surface area contributed by atoms with Crippen molar-refractivity contribution in [1.29, 1.82) is 0 Å². The molecule has 0 aliphatic carbocycles. The molecule has 1 aliphatic rings. The number of amides is 2. The Labute approximate surface area is 184 Å². The molecule has 10 heteroatoms. The molecule has 2 aromatic carbocycles. The van der Waals surface area contributed by atoms with Crippen molar-refractivity contribution in [3.63, 3.8) is 0 Å². The number of carbonyl (C=O) groups excluding carboxylic acids is 2. The average Bonchev–Trinajstić information content (AvgIpc) is 3.13. The molecule has 3 aromatic rings. The molecular weight excluding hydrogens is 442 g/mol. The number of rotatable bonds is 5. The third-order valence-corrected chi connectivity index (χ3v) is 7.51. The Hall–Kier alpha value is -2.88. The van der Waals surface area contributed by atoms with E-state index in [1.165, 1.54) is 28.6 Å². The zero-order chi connectivity index (χ0) is 22.2. The second-order valence-electron chi connectivity index (χ2n) is 7.29. The average molecular weight is 462 g/mol. The van der Waals surface area contributed by atoms with Crippen LogP contribution in [0.15, 0.2) is 57.8 Å². The molecule has 0 atom stereocenters. The topological polar surface area (TPSA) is 123 Å². The second kappa shape index (κ2) is 8.33. The molecule has 1 saturated heterocycles. The molecule has 8 nitrogen and oxygen atoms in total. The summed E-state index contributed by atoms with van der Waals surface area (Å²) in [5.74, 6) is -1.61. The minimum Gasteiger partial charge on any atom is -0.449 e. The Morgan fingerprint density at radius 2 is 1.71 bits per heavy atom. The predicted molar refractivity (Wildman–Crippen MR) is 116 cm³/mol. The quantitative estimate of drug-likeness (QED) is 0.603. The third kappa shape index (κ3) is 4.16. The van der Waals surface area contributed by atoms with Crippen LogP contribution in [0.1, 0.15) is 23.4 Å². The Morgan fingerprint density at radius 3 is 2.35 bits per heavy atom. The van der Waals surface area contributed by atoms with E-state index >= 15 is 0 Å². The van der Waals surface area contributed by atoms with E-state index in [4.69, 9.17) is 21.8 Å². The first-order chi connectivity index (χ1) is 14.8. The van der Waals surface area contributed by atoms with E-state index in [1.807, 2.05) is 0 Å². The van der Waals surface area contributed by atoms with Crippen molar-refractivity contribution in [2.24, 2.45) is 11.7 Å². The van der Waals surface area contributed by atoms with E-state index < -0.39 is 21.8 Å². The molecular formula is C21H20ClN3O5S. The van der Waals surface area contributed by atoms with Crippen molar-refractivity contribution < 1.29 is 22.4 Å². The van der Waals surface area contributed by atoms with Crippen LogP contribution < -0.4 is 11.1 Å². The molecule has 1 fully saturated rings. The lowest BCUT2D eigenvalue weighted by atomic mass is 9.97. The summed E-state index contributed by atoms with van der Waals surface area (Å²) in [7, 11) is -3.66. The fourth-order valence-electron chi connectivity index (χ4n) is 3.68. The van der Waals surface area contributed by atoms with Crippen LogP contribution in [0, 0.1) is 5.92 Å². The van der Waals surface area contributed by atoms with Gasteiger partial charge < -0.3 is 15.5 Å². The number of halogens is 1. The van der Waals surface area contributed by atoms with Gasteiger partial charge in [-0.05, 0) is 49.2 Å². The first-order valence-corrected chi connectivity index (χ1v) is 11.5. The molecule has 0 saturated carbocycles. The van der Waals surface area contributed by atoms with Crippen molar-refractivity contribution in [1.82, 2.24) is 4.31 Å². The number of anilines is 1. The van der Waals surface area contributed by atoms with E-state index in [0.29, 0.717) is 28.8 Å². The summed E-state index contributed by atoms with van der Waals surface area (Å²) in [4.78, 5) is 24.8. The number of para-hydroxylation sites is 1. The summed E-state index contributed by atoms with van der Waals surface area (Å²) < 4.78 is 32.5. The largest absolute Gasteiger partial charge is 0.449 e. The number of piperidine rings is 1. The predicted octanol–water partition coefficient (Wildman–Crippen LogP) is 3.22. The smallest absolute Gasteiger partial charge is 0.286 e. The summed E-state index contributed by atoms with van der Waals surface area (Å²) in [6, 6.07) is 12.9. The number of sulfonamides is 1. The highest BCUT2D eigenvalue weighted by Gasteiger charge is 2.33. The maximum absolute atomic E-state index is 12.9. The minimum atomic E-state index is -3.66. The number of nitrogens with two attached hydrogens (primary N) is 1. The second-order valence-corrected chi connectivity index (χ2v) is 9.66. The van der Waals surface area contributed by atoms with Crippen LogP contribution in [-0.4, -0.2) is 37.6 Å². The van der Waals surface area contributed by atoms with Crippen molar-refractivity contribution in [3.05, 3.63) is 59.3 Å². The number of primary amides is 1. The fourth-order valence-corrected chi connectivity index (χ4v) is 5.28. The van der Waals surface area contributed by atoms with Gasteiger partial charge in [0.2, 0.25) is 21.7 Å². The lowest BCUT2D eigenvalue weighted by Gasteiger charge is -2.30. The number of benzene rings is 2. The number of carbonyl (C=O) groups is 2. The normalized spacial score (nSPS) is 15.8. The van der Waals surface area contributed by atoms with Gasteiger partial charge in [0.1, 0.15) is 11.3 Å². The van der Waals surface area contributed by atoms with Crippen LogP contribution in [-0.2, 0) is 14.8 Å². The zero-order valence-electron chi connectivity index (χ0n) is 16.4. The lowest BCUT2D eigenvalue weighted by molar-refractivity contribution is -0.120. The molecule has 1 aliphatic heterocycles. The van der Waals surface area contributed by atoms with Crippen molar-refractivity contribution >= 4 is 50.1 Å². The zero-order valence-corrected chi connectivity index (χ0v) is 17.9. The monoisotopic (exact) mass is 461 g/mol. The molecule has 0 bridgehead atoms. The molecule has 3 N–H and O–H groups in total. The Balaban J connectivity index is 1.47. The fraction of sp³-hybridized carbons (Fsp3) is 0.238. The first-order valence-electron chi connectivity index (χ1n) is 9.65. The van der Waals surface area contributed by atoms with Crippen molar-refractivity contribution in [2.45, 2.75) is 17.7 Å². The minimum absolute atomic E-state index is 0.114. The highest BCUT2D eigenvalue weighted by Crippen LogP contribution is 2.32. The Bertz CT molecular complexity index is 1250. The Morgan fingerprint density at radius 1 is 1.06 bits per heavy atom. The number of hydrogen-bond acceptors (Lipinski definition) is 5. The number of fused-ring (bicyclic) bond motifs is 1. The summed E-state index contributed by atoms with van der Waals surface area (Å²) in [5, 5.41) is 3.79. The van der Waals surface area contributed by atoms with Crippen molar-refractivity contribution in [3.8, 4) is 0 Å². The molecule has 1 aromatic heterocycles. The van der Waals surface area contributed by atoms with E-state index in [2.05, 4.69) is 5.32 Å². The molecule has 4 rings (SSSR count). The SMILES string of the molecule is NC(=O)c1oc2ccccc2c1NC(=O)C1CCN(S(=O)(=O)c2ccc(Cl)cc2)CC1. The van der Waals surface area contributed by atoms with Gasteiger partial charge in [0, 0.05) is 29.4 Å². The maximum atomic E-state index is 12.9. The molecule has 2 amide bonds. The first kappa shape index (κ1) is 21.4.